The lowest BCUT2D eigenvalue weighted by Gasteiger charge is -2.33. The van der Waals surface area contributed by atoms with E-state index in [1.54, 1.807) is 0 Å². The van der Waals surface area contributed by atoms with Crippen LogP contribution < -0.4 is 5.32 Å². The summed E-state index contributed by atoms with van der Waals surface area (Å²) >= 11 is 0. The van der Waals surface area contributed by atoms with Crippen molar-refractivity contribution in [3.63, 3.8) is 0 Å². The van der Waals surface area contributed by atoms with E-state index >= 15 is 0 Å². The van der Waals surface area contributed by atoms with Gasteiger partial charge in [-0.25, -0.2) is 0 Å². The van der Waals surface area contributed by atoms with Gasteiger partial charge < -0.3 is 15.0 Å². The minimum absolute atomic E-state index is 0.507. The van der Waals surface area contributed by atoms with Crippen molar-refractivity contribution in [2.75, 3.05) is 26.7 Å². The maximum atomic E-state index is 5.43. The van der Waals surface area contributed by atoms with E-state index in [-0.39, 0.29) is 0 Å². The summed E-state index contributed by atoms with van der Waals surface area (Å²) in [5, 5.41) is 3.84. The fourth-order valence-corrected chi connectivity index (χ4v) is 3.28. The first-order chi connectivity index (χ1) is 8.31. The van der Waals surface area contributed by atoms with Crippen LogP contribution in [0.5, 0.6) is 0 Å². The van der Waals surface area contributed by atoms with Gasteiger partial charge in [-0.05, 0) is 58.2 Å². The predicted octanol–water partition coefficient (Wildman–Crippen LogP) is 2.02. The Labute approximate surface area is 106 Å². The smallest absolute Gasteiger partial charge is 0.0586 e. The molecule has 1 aliphatic heterocycles. The fourth-order valence-electron chi connectivity index (χ4n) is 3.28. The Morgan fingerprint density at radius 3 is 2.47 bits per heavy atom. The number of hydrogen-bond acceptors (Lipinski definition) is 3. The second kappa shape index (κ2) is 6.72. The molecule has 0 bridgehead atoms. The molecule has 0 aromatic heterocycles. The van der Waals surface area contributed by atoms with E-state index in [0.29, 0.717) is 12.1 Å². The van der Waals surface area contributed by atoms with E-state index in [2.05, 4.69) is 17.1 Å². The average molecular weight is 240 g/mol. The molecule has 2 unspecified atom stereocenters. The number of nitrogens with one attached hydrogen (secondary N) is 1. The maximum Gasteiger partial charge on any atom is 0.0586 e. The molecule has 3 nitrogen and oxygen atoms in total. The highest BCUT2D eigenvalue weighted by molar-refractivity contribution is 4.86. The molecule has 0 aromatic rings. The van der Waals surface area contributed by atoms with Crippen molar-refractivity contribution < 1.29 is 4.74 Å². The molecule has 1 N–H and O–H groups in total. The quantitative estimate of drug-likeness (QED) is 0.795. The van der Waals surface area contributed by atoms with Gasteiger partial charge in [0, 0.05) is 19.2 Å². The summed E-state index contributed by atoms with van der Waals surface area (Å²) < 4.78 is 5.43. The lowest BCUT2D eigenvalue weighted by atomic mass is 10.0. The molecule has 0 radical (unpaired) electrons. The van der Waals surface area contributed by atoms with Gasteiger partial charge in [0.25, 0.3) is 0 Å². The molecule has 3 heteroatoms. The number of piperidine rings is 1. The Morgan fingerprint density at radius 1 is 1.12 bits per heavy atom. The number of ether oxygens (including phenoxy) is 1. The van der Waals surface area contributed by atoms with Gasteiger partial charge in [-0.15, -0.1) is 0 Å². The summed E-state index contributed by atoms with van der Waals surface area (Å²) in [6, 6.07) is 1.46. The van der Waals surface area contributed by atoms with Gasteiger partial charge in [-0.1, -0.05) is 6.92 Å². The largest absolute Gasteiger partial charge is 0.381 e. The van der Waals surface area contributed by atoms with E-state index in [1.165, 1.54) is 58.2 Å². The Bertz CT molecular complexity index is 214. The first kappa shape index (κ1) is 13.3. The summed E-state index contributed by atoms with van der Waals surface area (Å²) in [7, 11) is 1.84. The van der Waals surface area contributed by atoms with Crippen LogP contribution in [0, 0.1) is 0 Å². The Kier molecular flexibility index (Phi) is 5.26. The molecule has 2 atom stereocenters. The minimum atomic E-state index is 0.507. The van der Waals surface area contributed by atoms with Crippen LogP contribution in [-0.2, 0) is 4.74 Å². The van der Waals surface area contributed by atoms with Crippen LogP contribution in [-0.4, -0.2) is 49.8 Å². The minimum Gasteiger partial charge on any atom is -0.381 e. The molecule has 2 fully saturated rings. The van der Waals surface area contributed by atoms with Gasteiger partial charge in [-0.2, -0.15) is 0 Å². The number of hydrogen-bond donors (Lipinski definition) is 1. The Morgan fingerprint density at radius 2 is 1.88 bits per heavy atom. The predicted molar refractivity (Wildman–Crippen MR) is 71.3 cm³/mol. The van der Waals surface area contributed by atoms with Crippen LogP contribution in [0.4, 0.5) is 0 Å². The molecule has 0 spiro atoms. The molecule has 2 rings (SSSR count). The van der Waals surface area contributed by atoms with Crippen molar-refractivity contribution in [3.05, 3.63) is 0 Å². The number of methoxy groups -OCH3 is 1. The SMILES string of the molecule is CCCN1CCC(NC2CCC(OC)C2)CC1. The van der Waals surface area contributed by atoms with Crippen molar-refractivity contribution in [1.82, 2.24) is 10.2 Å². The standard InChI is InChI=1S/C14H28N2O/c1-3-8-16-9-6-12(7-10-16)15-13-4-5-14(11-13)17-2/h12-15H,3-11H2,1-2H3. The number of rotatable bonds is 5. The number of likely N-dealkylation sites (tertiary alicyclic amines) is 1. The highest BCUT2D eigenvalue weighted by Crippen LogP contribution is 2.23. The van der Waals surface area contributed by atoms with Gasteiger partial charge in [0.15, 0.2) is 0 Å². The summed E-state index contributed by atoms with van der Waals surface area (Å²) in [5.74, 6) is 0. The summed E-state index contributed by atoms with van der Waals surface area (Å²) in [5.41, 5.74) is 0. The van der Waals surface area contributed by atoms with E-state index in [4.69, 9.17) is 4.74 Å². The van der Waals surface area contributed by atoms with Gasteiger partial charge in [0.1, 0.15) is 0 Å². The lowest BCUT2D eigenvalue weighted by Crippen LogP contribution is -2.45. The van der Waals surface area contributed by atoms with Crippen molar-refractivity contribution in [2.45, 2.75) is 63.6 Å². The van der Waals surface area contributed by atoms with E-state index in [9.17, 15) is 0 Å². The summed E-state index contributed by atoms with van der Waals surface area (Å²) in [6.07, 6.45) is 8.20. The Balaban J connectivity index is 1.65. The molecule has 1 heterocycles. The molecule has 1 saturated heterocycles. The van der Waals surface area contributed by atoms with E-state index < -0.39 is 0 Å². The second-order valence-corrected chi connectivity index (χ2v) is 5.65. The van der Waals surface area contributed by atoms with Crippen molar-refractivity contribution in [3.8, 4) is 0 Å². The van der Waals surface area contributed by atoms with Crippen LogP contribution in [0.3, 0.4) is 0 Å². The molecule has 1 aliphatic carbocycles. The average Bonchev–Trinajstić information content (AvgIpc) is 2.80. The van der Waals surface area contributed by atoms with Crippen molar-refractivity contribution >= 4 is 0 Å². The molecular weight excluding hydrogens is 212 g/mol. The van der Waals surface area contributed by atoms with Crippen LogP contribution in [0.2, 0.25) is 0 Å². The summed E-state index contributed by atoms with van der Waals surface area (Å²) in [4.78, 5) is 2.60. The Hall–Kier alpha value is -0.120. The third kappa shape index (κ3) is 3.94. The van der Waals surface area contributed by atoms with Crippen LogP contribution >= 0.6 is 0 Å². The lowest BCUT2D eigenvalue weighted by molar-refractivity contribution is 0.105. The molecule has 2 aliphatic rings. The zero-order valence-corrected chi connectivity index (χ0v) is 11.5. The van der Waals surface area contributed by atoms with Gasteiger partial charge >= 0.3 is 0 Å². The first-order valence-corrected chi connectivity index (χ1v) is 7.33. The first-order valence-electron chi connectivity index (χ1n) is 7.33. The highest BCUT2D eigenvalue weighted by atomic mass is 16.5. The van der Waals surface area contributed by atoms with Crippen LogP contribution in [0.15, 0.2) is 0 Å². The van der Waals surface area contributed by atoms with E-state index in [0.717, 1.165) is 6.04 Å². The highest BCUT2D eigenvalue weighted by Gasteiger charge is 2.27. The summed E-state index contributed by atoms with van der Waals surface area (Å²) in [6.45, 7) is 6.12. The normalized spacial score (nSPS) is 32.1. The number of nitrogens with zero attached hydrogens (tertiary/aromatic N) is 1. The van der Waals surface area contributed by atoms with E-state index in [1.807, 2.05) is 7.11 Å². The zero-order chi connectivity index (χ0) is 12.1. The molecule has 0 amide bonds. The second-order valence-electron chi connectivity index (χ2n) is 5.65. The molecule has 1 saturated carbocycles. The third-order valence-electron chi connectivity index (χ3n) is 4.32. The molecule has 100 valence electrons. The topological polar surface area (TPSA) is 24.5 Å². The van der Waals surface area contributed by atoms with Gasteiger partial charge in [0.2, 0.25) is 0 Å². The third-order valence-corrected chi connectivity index (χ3v) is 4.32. The van der Waals surface area contributed by atoms with Crippen LogP contribution in [0.1, 0.15) is 45.4 Å². The van der Waals surface area contributed by atoms with Gasteiger partial charge in [-0.3, -0.25) is 0 Å². The van der Waals surface area contributed by atoms with Crippen molar-refractivity contribution in [1.29, 1.82) is 0 Å². The fraction of sp³-hybridized carbons (Fsp3) is 1.00. The maximum absolute atomic E-state index is 5.43. The zero-order valence-electron chi connectivity index (χ0n) is 11.5. The van der Waals surface area contributed by atoms with Crippen LogP contribution in [0.25, 0.3) is 0 Å². The molecular formula is C14H28N2O. The van der Waals surface area contributed by atoms with Gasteiger partial charge in [0.05, 0.1) is 6.10 Å². The van der Waals surface area contributed by atoms with Crippen molar-refractivity contribution in [2.24, 2.45) is 0 Å². The molecule has 0 aromatic carbocycles. The molecule has 17 heavy (non-hydrogen) atoms. The monoisotopic (exact) mass is 240 g/mol.